The molecule has 2 aliphatic carbocycles. The minimum atomic E-state index is -0.462. The van der Waals surface area contributed by atoms with Crippen LogP contribution in [0.25, 0.3) is 22.3 Å². The molecule has 6 heteroatoms. The number of aryl methyl sites for hydroxylation is 4. The lowest BCUT2D eigenvalue weighted by Gasteiger charge is -2.34. The third-order valence-electron chi connectivity index (χ3n) is 16.0. The van der Waals surface area contributed by atoms with E-state index < -0.39 is 10.8 Å². The third kappa shape index (κ3) is 12.4. The molecular weight excluding hydrogens is 985 g/mol. The van der Waals surface area contributed by atoms with E-state index in [9.17, 15) is 0 Å². The number of benzene rings is 8. The van der Waals surface area contributed by atoms with Crippen molar-refractivity contribution in [3.8, 4) is 45.3 Å². The lowest BCUT2D eigenvalue weighted by atomic mass is 9.67. The van der Waals surface area contributed by atoms with Crippen LogP contribution < -0.4 is 18.9 Å². The maximum Gasteiger partial charge on any atom is 0.119 e. The molecule has 8 aromatic carbocycles. The molecule has 6 nitrogen and oxygen atoms in total. The Morgan fingerprint density at radius 3 is 0.787 bits per heavy atom. The molecule has 0 amide bonds. The molecule has 0 saturated heterocycles. The quantitative estimate of drug-likeness (QED) is 0.0504. The molecule has 80 heavy (non-hydrogen) atoms. The van der Waals surface area contributed by atoms with E-state index in [1.54, 1.807) is 0 Å². The van der Waals surface area contributed by atoms with Gasteiger partial charge in [0.25, 0.3) is 0 Å². The van der Waals surface area contributed by atoms with Gasteiger partial charge >= 0.3 is 0 Å². The highest BCUT2D eigenvalue weighted by Crippen LogP contribution is 2.58. The highest BCUT2D eigenvalue weighted by molar-refractivity contribution is 5.88. The van der Waals surface area contributed by atoms with Crippen LogP contribution in [0.3, 0.4) is 0 Å². The number of fused-ring (bicyclic) bond motifs is 6. The van der Waals surface area contributed by atoms with Gasteiger partial charge in [0.15, 0.2) is 0 Å². The molecule has 0 saturated carbocycles. The lowest BCUT2D eigenvalue weighted by Crippen LogP contribution is -2.28. The summed E-state index contributed by atoms with van der Waals surface area (Å²) in [7, 11) is 0. The number of unbranched alkanes of at least 4 members (excludes halogenated alkanes) is 6. The average molecular weight is 1070 g/mol. The fourth-order valence-corrected chi connectivity index (χ4v) is 12.0. The van der Waals surface area contributed by atoms with Gasteiger partial charge < -0.3 is 28.4 Å². The molecule has 8 aromatic rings. The molecule has 0 aromatic heterocycles. The standard InChI is InChI=1S/C39H46O2.C35H38O4/c1-5-7-9-11-25-40-33-19-15-31(16-20-33)39(32-17-21-34(22-18-32)41-26-12-10-8-6-2)37-27-29(3)13-23-35(37)36-24-14-30(4)28-38(36)39;1-5-36-19-21-38-29-13-9-27(10-14-29)35(28-11-15-30(16-12-28)39-22-20-37-6-2)33-23-25(3)7-17-31(33)32-18-8-26(4)24-34(32)35/h13-24,27-28H,5-12,25-26H2,1-4H3;7-18,23-24H,5-6,19-22H2,1-4H3. The molecule has 0 atom stereocenters. The first-order valence-corrected chi connectivity index (χ1v) is 29.7. The molecule has 0 fully saturated rings. The zero-order chi connectivity index (χ0) is 55.9. The minimum Gasteiger partial charge on any atom is -0.494 e. The summed E-state index contributed by atoms with van der Waals surface area (Å²) in [6.45, 7) is 22.4. The summed E-state index contributed by atoms with van der Waals surface area (Å²) >= 11 is 0. The summed E-state index contributed by atoms with van der Waals surface area (Å²) in [6.07, 6.45) is 9.67. The Labute approximate surface area is 478 Å². The second kappa shape index (κ2) is 27.4. The summed E-state index contributed by atoms with van der Waals surface area (Å²) in [5, 5.41) is 0. The predicted molar refractivity (Wildman–Crippen MR) is 330 cm³/mol. The minimum absolute atomic E-state index is 0.415. The molecule has 0 radical (unpaired) electrons. The fourth-order valence-electron chi connectivity index (χ4n) is 12.0. The van der Waals surface area contributed by atoms with Crippen LogP contribution in [0.1, 0.15) is 146 Å². The van der Waals surface area contributed by atoms with Crippen LogP contribution in [0, 0.1) is 27.7 Å². The van der Waals surface area contributed by atoms with Crippen LogP contribution >= 0.6 is 0 Å². The molecular formula is C74H84O6. The van der Waals surface area contributed by atoms with Gasteiger partial charge in [-0.05, 0) is 170 Å². The Balaban J connectivity index is 0.000000194. The van der Waals surface area contributed by atoms with Crippen molar-refractivity contribution < 1.29 is 28.4 Å². The monoisotopic (exact) mass is 1070 g/mol. The van der Waals surface area contributed by atoms with Gasteiger partial charge in [-0.2, -0.15) is 0 Å². The van der Waals surface area contributed by atoms with E-state index in [1.807, 2.05) is 13.8 Å². The molecule has 0 bridgehead atoms. The zero-order valence-corrected chi connectivity index (χ0v) is 48.9. The topological polar surface area (TPSA) is 55.4 Å². The fraction of sp³-hybridized carbons (Fsp3) is 0.351. The normalized spacial score (nSPS) is 13.1. The van der Waals surface area contributed by atoms with Gasteiger partial charge in [-0.15, -0.1) is 0 Å². The first-order valence-electron chi connectivity index (χ1n) is 29.7. The van der Waals surface area contributed by atoms with Gasteiger partial charge in [-0.1, -0.05) is 196 Å². The van der Waals surface area contributed by atoms with Crippen LogP contribution in [0.15, 0.2) is 170 Å². The van der Waals surface area contributed by atoms with Crippen LogP contribution in [-0.2, 0) is 20.3 Å². The van der Waals surface area contributed by atoms with Crippen LogP contribution in [0.2, 0.25) is 0 Å². The second-order valence-electron chi connectivity index (χ2n) is 21.7. The van der Waals surface area contributed by atoms with Crippen molar-refractivity contribution in [2.45, 2.75) is 118 Å². The van der Waals surface area contributed by atoms with Gasteiger partial charge in [-0.25, -0.2) is 0 Å². The van der Waals surface area contributed by atoms with E-state index in [4.69, 9.17) is 28.4 Å². The maximum atomic E-state index is 6.15. The van der Waals surface area contributed by atoms with Gasteiger partial charge in [-0.3, -0.25) is 0 Å². The van der Waals surface area contributed by atoms with Crippen molar-refractivity contribution in [3.63, 3.8) is 0 Å². The first kappa shape index (κ1) is 57.6. The van der Waals surface area contributed by atoms with E-state index in [2.05, 4.69) is 211 Å². The second-order valence-corrected chi connectivity index (χ2v) is 21.7. The largest absolute Gasteiger partial charge is 0.494 e. The Bertz CT molecular complexity index is 3030. The highest BCUT2D eigenvalue weighted by Gasteiger charge is 2.48. The number of rotatable bonds is 26. The third-order valence-corrected chi connectivity index (χ3v) is 16.0. The van der Waals surface area contributed by atoms with Crippen molar-refractivity contribution in [1.82, 2.24) is 0 Å². The predicted octanol–water partition coefficient (Wildman–Crippen LogP) is 18.1. The Kier molecular flexibility index (Phi) is 19.7. The summed E-state index contributed by atoms with van der Waals surface area (Å²) < 4.78 is 35.1. The SMILES string of the molecule is CCCCCCOc1ccc(C2(c3ccc(OCCCCCC)cc3)c3cc(C)ccc3-c3ccc(C)cc32)cc1.CCOCCOc1ccc(C2(c3ccc(OCCOCC)cc3)c3cc(C)ccc3-c3ccc(C)cc32)cc1. The molecule has 0 heterocycles. The Morgan fingerprint density at radius 1 is 0.275 bits per heavy atom. The Morgan fingerprint density at radius 2 is 0.537 bits per heavy atom. The van der Waals surface area contributed by atoms with E-state index >= 15 is 0 Å². The van der Waals surface area contributed by atoms with Crippen molar-refractivity contribution in [1.29, 1.82) is 0 Å². The number of hydrogen-bond donors (Lipinski definition) is 0. The molecule has 0 N–H and O–H groups in total. The summed E-state index contributed by atoms with van der Waals surface area (Å²) in [4.78, 5) is 0. The molecule has 416 valence electrons. The first-order chi connectivity index (χ1) is 39.1. The zero-order valence-electron chi connectivity index (χ0n) is 48.9. The molecule has 2 aliphatic rings. The van der Waals surface area contributed by atoms with E-state index in [1.165, 1.54) is 128 Å². The Hall–Kier alpha value is -7.12. The van der Waals surface area contributed by atoms with Gasteiger partial charge in [0.2, 0.25) is 0 Å². The summed E-state index contributed by atoms with van der Waals surface area (Å²) in [5.41, 5.74) is 19.6. The molecule has 10 rings (SSSR count). The lowest BCUT2D eigenvalue weighted by molar-refractivity contribution is 0.110. The van der Waals surface area contributed by atoms with Crippen LogP contribution in [-0.4, -0.2) is 52.9 Å². The van der Waals surface area contributed by atoms with Crippen LogP contribution in [0.4, 0.5) is 0 Å². The van der Waals surface area contributed by atoms with Gasteiger partial charge in [0, 0.05) is 13.2 Å². The van der Waals surface area contributed by atoms with Crippen molar-refractivity contribution >= 4 is 0 Å². The van der Waals surface area contributed by atoms with Gasteiger partial charge in [0.05, 0.1) is 37.3 Å². The molecule has 0 spiro atoms. The van der Waals surface area contributed by atoms with Crippen molar-refractivity contribution in [3.05, 3.63) is 237 Å². The smallest absolute Gasteiger partial charge is 0.119 e. The van der Waals surface area contributed by atoms with E-state index in [0.29, 0.717) is 39.6 Å². The van der Waals surface area contributed by atoms with Crippen LogP contribution in [0.5, 0.6) is 23.0 Å². The summed E-state index contributed by atoms with van der Waals surface area (Å²) in [5.74, 6) is 3.58. The van der Waals surface area contributed by atoms with Crippen molar-refractivity contribution in [2.24, 2.45) is 0 Å². The number of ether oxygens (including phenoxy) is 6. The van der Waals surface area contributed by atoms with Gasteiger partial charge in [0.1, 0.15) is 36.2 Å². The molecule has 0 aliphatic heterocycles. The highest BCUT2D eigenvalue weighted by atomic mass is 16.5. The van der Waals surface area contributed by atoms with Crippen molar-refractivity contribution in [2.75, 3.05) is 52.9 Å². The summed E-state index contributed by atoms with van der Waals surface area (Å²) in [6, 6.07) is 62.5. The average Bonchev–Trinajstić information content (AvgIpc) is 4.06. The van der Waals surface area contributed by atoms with E-state index in [0.717, 1.165) is 49.1 Å². The number of hydrogen-bond acceptors (Lipinski definition) is 6. The molecule has 0 unspecified atom stereocenters. The maximum absolute atomic E-state index is 6.15. The van der Waals surface area contributed by atoms with E-state index in [-0.39, 0.29) is 0 Å².